The summed E-state index contributed by atoms with van der Waals surface area (Å²) >= 11 is 0. The molecule has 1 atom stereocenters. The molecule has 1 aliphatic heterocycles. The summed E-state index contributed by atoms with van der Waals surface area (Å²) in [6.45, 7) is 3.88. The normalized spacial score (nSPS) is 17.3. The molecule has 1 N–H and O–H groups in total. The van der Waals surface area contributed by atoms with Gasteiger partial charge in [0.2, 0.25) is 5.89 Å². The minimum Gasteiger partial charge on any atom is -0.440 e. The predicted molar refractivity (Wildman–Crippen MR) is 101 cm³/mol. The van der Waals surface area contributed by atoms with E-state index < -0.39 is 0 Å². The lowest BCUT2D eigenvalue weighted by Crippen LogP contribution is -2.53. The first-order chi connectivity index (χ1) is 13.1. The van der Waals surface area contributed by atoms with Gasteiger partial charge in [-0.1, -0.05) is 30.3 Å². The topological polar surface area (TPSA) is 76.2 Å². The molecule has 4 rings (SSSR count). The van der Waals surface area contributed by atoms with E-state index in [1.54, 1.807) is 17.8 Å². The number of nitrogens with zero attached hydrogens (tertiary/aromatic N) is 4. The number of carbonyl (C=O) groups is 1. The summed E-state index contributed by atoms with van der Waals surface area (Å²) in [5.41, 5.74) is 2.41. The van der Waals surface area contributed by atoms with Crippen LogP contribution in [0.2, 0.25) is 0 Å². The predicted octanol–water partition coefficient (Wildman–Crippen LogP) is 2.04. The maximum absolute atomic E-state index is 13.0. The van der Waals surface area contributed by atoms with Crippen molar-refractivity contribution in [2.75, 3.05) is 19.6 Å². The van der Waals surface area contributed by atoms with Crippen molar-refractivity contribution in [3.8, 4) is 11.5 Å². The molecular formula is C20H23N5O2. The van der Waals surface area contributed by atoms with Crippen molar-refractivity contribution in [1.29, 1.82) is 0 Å². The molecule has 3 aromatic rings. The zero-order valence-electron chi connectivity index (χ0n) is 15.6. The van der Waals surface area contributed by atoms with Crippen LogP contribution in [0.4, 0.5) is 0 Å². The number of nitrogens with one attached hydrogen (secondary N) is 1. The van der Waals surface area contributed by atoms with Crippen LogP contribution in [0.3, 0.4) is 0 Å². The average Bonchev–Trinajstić information content (AvgIpc) is 3.28. The van der Waals surface area contributed by atoms with Crippen LogP contribution in [0.25, 0.3) is 11.5 Å². The Hall–Kier alpha value is -2.93. The van der Waals surface area contributed by atoms with Crippen LogP contribution in [-0.2, 0) is 13.5 Å². The van der Waals surface area contributed by atoms with Crippen molar-refractivity contribution in [3.63, 3.8) is 0 Å². The standard InChI is InChI=1S/C20H23N5O2/c1-14-18(23-19(27-14)16-11-22-24(2)12-16)20(26)25-9-8-21-17(13-25)10-15-6-4-3-5-7-15/h3-7,11-12,17,21H,8-10,13H2,1-2H3. The molecule has 1 aliphatic rings. The van der Waals surface area contributed by atoms with E-state index in [1.165, 1.54) is 5.56 Å². The molecule has 27 heavy (non-hydrogen) atoms. The van der Waals surface area contributed by atoms with Gasteiger partial charge >= 0.3 is 0 Å². The molecule has 1 saturated heterocycles. The first-order valence-electron chi connectivity index (χ1n) is 9.13. The number of benzene rings is 1. The van der Waals surface area contributed by atoms with Gasteiger partial charge in [0.05, 0.1) is 11.8 Å². The van der Waals surface area contributed by atoms with Gasteiger partial charge in [-0.05, 0) is 18.9 Å². The van der Waals surface area contributed by atoms with Gasteiger partial charge in [-0.15, -0.1) is 0 Å². The Balaban J connectivity index is 1.48. The molecular weight excluding hydrogens is 342 g/mol. The molecule has 1 aromatic carbocycles. The molecule has 0 bridgehead atoms. The number of aromatic nitrogens is 3. The van der Waals surface area contributed by atoms with Crippen LogP contribution in [0.15, 0.2) is 47.1 Å². The minimum absolute atomic E-state index is 0.0778. The van der Waals surface area contributed by atoms with Gasteiger partial charge in [0.1, 0.15) is 5.76 Å². The van der Waals surface area contributed by atoms with Crippen molar-refractivity contribution >= 4 is 5.91 Å². The van der Waals surface area contributed by atoms with Crippen LogP contribution in [0.1, 0.15) is 21.8 Å². The maximum atomic E-state index is 13.0. The summed E-state index contributed by atoms with van der Waals surface area (Å²) in [6, 6.07) is 10.6. The fraction of sp³-hybridized carbons (Fsp3) is 0.350. The van der Waals surface area contributed by atoms with E-state index in [1.807, 2.05) is 36.3 Å². The molecule has 2 aromatic heterocycles. The van der Waals surface area contributed by atoms with Crippen LogP contribution >= 0.6 is 0 Å². The highest BCUT2D eigenvalue weighted by Crippen LogP contribution is 2.22. The van der Waals surface area contributed by atoms with E-state index in [-0.39, 0.29) is 11.9 Å². The number of oxazole rings is 1. The SMILES string of the molecule is Cc1oc(-c2cnn(C)c2)nc1C(=O)N1CCNC(Cc2ccccc2)C1. The Morgan fingerprint density at radius 1 is 1.33 bits per heavy atom. The molecule has 3 heterocycles. The van der Waals surface area contributed by atoms with Crippen molar-refractivity contribution in [1.82, 2.24) is 25.0 Å². The third-order valence-electron chi connectivity index (χ3n) is 4.82. The molecule has 0 saturated carbocycles. The maximum Gasteiger partial charge on any atom is 0.276 e. The Kier molecular flexibility index (Phi) is 4.77. The van der Waals surface area contributed by atoms with Gasteiger partial charge in [0.25, 0.3) is 5.91 Å². The molecule has 7 heteroatoms. The molecule has 0 spiro atoms. The van der Waals surface area contributed by atoms with Crippen LogP contribution < -0.4 is 5.32 Å². The smallest absolute Gasteiger partial charge is 0.276 e. The number of piperazine rings is 1. The second-order valence-corrected chi connectivity index (χ2v) is 6.92. The number of hydrogen-bond acceptors (Lipinski definition) is 5. The minimum atomic E-state index is -0.0778. The van der Waals surface area contributed by atoms with Crippen LogP contribution in [0.5, 0.6) is 0 Å². The van der Waals surface area contributed by atoms with Crippen molar-refractivity contribution in [2.45, 2.75) is 19.4 Å². The number of hydrogen-bond donors (Lipinski definition) is 1. The lowest BCUT2D eigenvalue weighted by Gasteiger charge is -2.33. The Morgan fingerprint density at radius 3 is 2.89 bits per heavy atom. The summed E-state index contributed by atoms with van der Waals surface area (Å²) in [5.74, 6) is 0.892. The van der Waals surface area contributed by atoms with Crippen molar-refractivity contribution in [2.24, 2.45) is 7.05 Å². The fourth-order valence-corrected chi connectivity index (χ4v) is 3.45. The lowest BCUT2D eigenvalue weighted by molar-refractivity contribution is 0.0696. The fourth-order valence-electron chi connectivity index (χ4n) is 3.45. The largest absolute Gasteiger partial charge is 0.440 e. The number of amides is 1. The molecule has 7 nitrogen and oxygen atoms in total. The van der Waals surface area contributed by atoms with Crippen LogP contribution in [0, 0.1) is 6.92 Å². The Morgan fingerprint density at radius 2 is 2.15 bits per heavy atom. The number of rotatable bonds is 4. The van der Waals surface area contributed by atoms with Crippen LogP contribution in [-0.4, -0.2) is 51.2 Å². The van der Waals surface area contributed by atoms with Gasteiger partial charge in [-0.2, -0.15) is 5.10 Å². The molecule has 0 aliphatic carbocycles. The zero-order chi connectivity index (χ0) is 18.8. The average molecular weight is 365 g/mol. The number of carbonyl (C=O) groups excluding carboxylic acids is 1. The van der Waals surface area contributed by atoms with Crippen molar-refractivity contribution in [3.05, 3.63) is 59.7 Å². The molecule has 0 radical (unpaired) electrons. The van der Waals surface area contributed by atoms with E-state index in [9.17, 15) is 4.79 Å². The quantitative estimate of drug-likeness (QED) is 0.766. The summed E-state index contributed by atoms with van der Waals surface area (Å²) in [4.78, 5) is 19.3. The first-order valence-corrected chi connectivity index (χ1v) is 9.13. The van der Waals surface area contributed by atoms with E-state index in [0.29, 0.717) is 30.4 Å². The molecule has 140 valence electrons. The van der Waals surface area contributed by atoms with E-state index in [2.05, 4.69) is 27.5 Å². The summed E-state index contributed by atoms with van der Waals surface area (Å²) in [7, 11) is 1.83. The Bertz CT molecular complexity index is 931. The van der Waals surface area contributed by atoms with Gasteiger partial charge in [-0.3, -0.25) is 9.48 Å². The molecule has 1 amide bonds. The third-order valence-corrected chi connectivity index (χ3v) is 4.82. The van der Waals surface area contributed by atoms with Gasteiger partial charge in [0, 0.05) is 38.9 Å². The summed E-state index contributed by atoms with van der Waals surface area (Å²) < 4.78 is 7.40. The lowest BCUT2D eigenvalue weighted by atomic mass is 10.0. The highest BCUT2D eigenvalue weighted by Gasteiger charge is 2.28. The van der Waals surface area contributed by atoms with Gasteiger partial charge < -0.3 is 14.6 Å². The first kappa shape index (κ1) is 17.5. The number of aryl methyl sites for hydroxylation is 2. The highest BCUT2D eigenvalue weighted by molar-refractivity contribution is 5.93. The molecule has 1 fully saturated rings. The summed E-state index contributed by atoms with van der Waals surface area (Å²) in [5, 5.41) is 7.63. The van der Waals surface area contributed by atoms with E-state index in [0.717, 1.165) is 18.5 Å². The second kappa shape index (κ2) is 7.36. The third kappa shape index (κ3) is 3.78. The van der Waals surface area contributed by atoms with Crippen molar-refractivity contribution < 1.29 is 9.21 Å². The Labute approximate surface area is 158 Å². The highest BCUT2D eigenvalue weighted by atomic mass is 16.4. The summed E-state index contributed by atoms with van der Waals surface area (Å²) in [6.07, 6.45) is 4.39. The van der Waals surface area contributed by atoms with E-state index in [4.69, 9.17) is 4.42 Å². The van der Waals surface area contributed by atoms with Gasteiger partial charge in [-0.25, -0.2) is 4.98 Å². The van der Waals surface area contributed by atoms with Gasteiger partial charge in [0.15, 0.2) is 5.69 Å². The van der Waals surface area contributed by atoms with E-state index >= 15 is 0 Å². The molecule has 1 unspecified atom stereocenters. The monoisotopic (exact) mass is 365 g/mol. The zero-order valence-corrected chi connectivity index (χ0v) is 15.6. The second-order valence-electron chi connectivity index (χ2n) is 6.92.